The number of likely N-dealkylation sites (tertiary alicyclic amines) is 2. The molecule has 2 rings (SSSR count). The van der Waals surface area contributed by atoms with Gasteiger partial charge in [0.05, 0.1) is 0 Å². The summed E-state index contributed by atoms with van der Waals surface area (Å²) in [5.74, 6) is 1.32. The number of hydrogen-bond donors (Lipinski definition) is 2. The number of halogens is 1. The van der Waals surface area contributed by atoms with Crippen LogP contribution < -0.4 is 11.1 Å². The first-order chi connectivity index (χ1) is 10.2. The lowest BCUT2D eigenvalue weighted by Gasteiger charge is -2.23. The molecule has 22 heavy (non-hydrogen) atoms. The van der Waals surface area contributed by atoms with Gasteiger partial charge in [0.25, 0.3) is 0 Å². The van der Waals surface area contributed by atoms with Crippen molar-refractivity contribution in [2.45, 2.75) is 45.6 Å². The zero-order valence-electron chi connectivity index (χ0n) is 14.3. The maximum Gasteiger partial charge on any atom is 0.188 e. The molecule has 2 heterocycles. The predicted molar refractivity (Wildman–Crippen MR) is 105 cm³/mol. The number of nitrogens with two attached hydrogens (primary N) is 1. The molecule has 6 heteroatoms. The zero-order chi connectivity index (χ0) is 15.1. The van der Waals surface area contributed by atoms with Crippen LogP contribution in [-0.4, -0.2) is 67.6 Å². The van der Waals surface area contributed by atoms with Crippen molar-refractivity contribution >= 4 is 29.9 Å². The Morgan fingerprint density at radius 2 is 2.09 bits per heavy atom. The predicted octanol–water partition coefficient (Wildman–Crippen LogP) is 1.72. The molecular formula is C16H34IN5. The summed E-state index contributed by atoms with van der Waals surface area (Å²) in [6.45, 7) is 12.3. The SMILES string of the molecule is CCCN1CCC(CN=C(N)NCC2CCCN2CC)C1.I. The summed E-state index contributed by atoms with van der Waals surface area (Å²) in [4.78, 5) is 9.62. The zero-order valence-corrected chi connectivity index (χ0v) is 16.6. The van der Waals surface area contributed by atoms with Crippen molar-refractivity contribution < 1.29 is 0 Å². The fourth-order valence-electron chi connectivity index (χ4n) is 3.63. The summed E-state index contributed by atoms with van der Waals surface area (Å²) < 4.78 is 0. The van der Waals surface area contributed by atoms with Gasteiger partial charge in [-0.2, -0.15) is 0 Å². The van der Waals surface area contributed by atoms with Gasteiger partial charge in [0.2, 0.25) is 0 Å². The fourth-order valence-corrected chi connectivity index (χ4v) is 3.63. The van der Waals surface area contributed by atoms with E-state index in [1.807, 2.05) is 0 Å². The van der Waals surface area contributed by atoms with Crippen LogP contribution in [0.4, 0.5) is 0 Å². The number of guanidine groups is 1. The average Bonchev–Trinajstić information content (AvgIpc) is 3.12. The molecule has 0 saturated carbocycles. The molecule has 0 amide bonds. The van der Waals surface area contributed by atoms with E-state index < -0.39 is 0 Å². The monoisotopic (exact) mass is 423 g/mol. The summed E-state index contributed by atoms with van der Waals surface area (Å²) in [5.41, 5.74) is 6.02. The molecule has 0 spiro atoms. The van der Waals surface area contributed by atoms with E-state index in [1.165, 1.54) is 51.9 Å². The average molecular weight is 423 g/mol. The van der Waals surface area contributed by atoms with Gasteiger partial charge in [-0.15, -0.1) is 24.0 Å². The molecule has 0 bridgehead atoms. The maximum atomic E-state index is 6.02. The first-order valence-electron chi connectivity index (χ1n) is 8.73. The molecule has 0 aliphatic carbocycles. The standard InChI is InChI=1S/C16H33N5.HI/c1-3-8-20-10-7-14(13-20)11-18-16(17)19-12-15-6-5-9-21(15)4-2;/h14-15H,3-13H2,1-2H3,(H3,17,18,19);1H. The Labute approximate surface area is 153 Å². The Morgan fingerprint density at radius 1 is 1.27 bits per heavy atom. The van der Waals surface area contributed by atoms with Crippen LogP contribution in [0, 0.1) is 5.92 Å². The molecule has 0 aromatic heterocycles. The summed E-state index contributed by atoms with van der Waals surface area (Å²) in [5, 5.41) is 3.32. The van der Waals surface area contributed by atoms with E-state index in [0.717, 1.165) is 19.6 Å². The number of nitrogens with zero attached hydrogens (tertiary/aromatic N) is 3. The van der Waals surface area contributed by atoms with Crippen molar-refractivity contribution in [3.8, 4) is 0 Å². The number of rotatable bonds is 7. The number of aliphatic imine (C=N–C) groups is 1. The molecule has 130 valence electrons. The minimum atomic E-state index is 0. The van der Waals surface area contributed by atoms with E-state index in [1.54, 1.807) is 0 Å². The minimum Gasteiger partial charge on any atom is -0.370 e. The largest absolute Gasteiger partial charge is 0.370 e. The Balaban J connectivity index is 0.00000242. The normalized spacial score (nSPS) is 27.1. The van der Waals surface area contributed by atoms with Crippen LogP contribution in [0.15, 0.2) is 4.99 Å². The fraction of sp³-hybridized carbons (Fsp3) is 0.938. The molecule has 2 aliphatic rings. The molecule has 2 unspecified atom stereocenters. The van der Waals surface area contributed by atoms with Crippen molar-refractivity contribution in [3.63, 3.8) is 0 Å². The van der Waals surface area contributed by atoms with Crippen LogP contribution in [-0.2, 0) is 0 Å². The summed E-state index contributed by atoms with van der Waals surface area (Å²) in [6.07, 6.45) is 5.10. The lowest BCUT2D eigenvalue weighted by Crippen LogP contribution is -2.42. The van der Waals surface area contributed by atoms with Gasteiger partial charge >= 0.3 is 0 Å². The topological polar surface area (TPSA) is 56.9 Å². The third kappa shape index (κ3) is 6.20. The summed E-state index contributed by atoms with van der Waals surface area (Å²) in [7, 11) is 0. The van der Waals surface area contributed by atoms with Crippen molar-refractivity contribution in [2.24, 2.45) is 16.6 Å². The molecule has 2 atom stereocenters. The molecular weight excluding hydrogens is 389 g/mol. The first kappa shape index (κ1) is 20.0. The van der Waals surface area contributed by atoms with E-state index in [0.29, 0.717) is 17.9 Å². The van der Waals surface area contributed by atoms with Gasteiger partial charge in [-0.1, -0.05) is 13.8 Å². The van der Waals surface area contributed by atoms with Crippen LogP contribution in [0.3, 0.4) is 0 Å². The Kier molecular flexibility index (Phi) is 9.66. The second-order valence-electron chi connectivity index (χ2n) is 6.49. The third-order valence-corrected chi connectivity index (χ3v) is 4.85. The lowest BCUT2D eigenvalue weighted by molar-refractivity contribution is 0.267. The molecule has 0 aromatic rings. The quantitative estimate of drug-likeness (QED) is 0.372. The van der Waals surface area contributed by atoms with Gasteiger partial charge < -0.3 is 16.0 Å². The Bertz CT molecular complexity index is 336. The second kappa shape index (κ2) is 10.6. The van der Waals surface area contributed by atoms with Crippen LogP contribution >= 0.6 is 24.0 Å². The van der Waals surface area contributed by atoms with Crippen LogP contribution in [0.25, 0.3) is 0 Å². The number of hydrogen-bond acceptors (Lipinski definition) is 3. The van der Waals surface area contributed by atoms with Gasteiger partial charge in [-0.05, 0) is 57.8 Å². The van der Waals surface area contributed by atoms with E-state index >= 15 is 0 Å². The highest BCUT2D eigenvalue weighted by atomic mass is 127. The highest BCUT2D eigenvalue weighted by Gasteiger charge is 2.23. The second-order valence-corrected chi connectivity index (χ2v) is 6.49. The van der Waals surface area contributed by atoms with Crippen molar-refractivity contribution in [1.82, 2.24) is 15.1 Å². The van der Waals surface area contributed by atoms with Gasteiger partial charge in [-0.3, -0.25) is 9.89 Å². The van der Waals surface area contributed by atoms with E-state index in [4.69, 9.17) is 5.73 Å². The van der Waals surface area contributed by atoms with Crippen LogP contribution in [0.5, 0.6) is 0 Å². The minimum absolute atomic E-state index is 0. The molecule has 0 aromatic carbocycles. The van der Waals surface area contributed by atoms with Crippen molar-refractivity contribution in [3.05, 3.63) is 0 Å². The molecule has 3 N–H and O–H groups in total. The summed E-state index contributed by atoms with van der Waals surface area (Å²) in [6, 6.07) is 0.635. The van der Waals surface area contributed by atoms with Crippen LogP contribution in [0.1, 0.15) is 39.5 Å². The van der Waals surface area contributed by atoms with Gasteiger partial charge in [0.15, 0.2) is 5.96 Å². The summed E-state index contributed by atoms with van der Waals surface area (Å²) >= 11 is 0. The first-order valence-corrected chi connectivity index (χ1v) is 8.73. The Hall–Kier alpha value is -0.0800. The van der Waals surface area contributed by atoms with Gasteiger partial charge in [-0.25, -0.2) is 0 Å². The van der Waals surface area contributed by atoms with E-state index in [-0.39, 0.29) is 24.0 Å². The number of nitrogens with one attached hydrogen (secondary N) is 1. The van der Waals surface area contributed by atoms with Gasteiger partial charge in [0, 0.05) is 25.7 Å². The van der Waals surface area contributed by atoms with Crippen LogP contribution in [0.2, 0.25) is 0 Å². The molecule has 2 saturated heterocycles. The molecule has 2 fully saturated rings. The highest BCUT2D eigenvalue weighted by Crippen LogP contribution is 2.17. The molecule has 0 radical (unpaired) electrons. The maximum absolute atomic E-state index is 6.02. The van der Waals surface area contributed by atoms with E-state index in [2.05, 4.69) is 34.0 Å². The van der Waals surface area contributed by atoms with Crippen molar-refractivity contribution in [1.29, 1.82) is 0 Å². The molecule has 2 aliphatic heterocycles. The van der Waals surface area contributed by atoms with Crippen molar-refractivity contribution in [2.75, 3.05) is 45.8 Å². The smallest absolute Gasteiger partial charge is 0.188 e. The lowest BCUT2D eigenvalue weighted by atomic mass is 10.1. The van der Waals surface area contributed by atoms with Gasteiger partial charge in [0.1, 0.15) is 0 Å². The highest BCUT2D eigenvalue weighted by molar-refractivity contribution is 14.0. The third-order valence-electron chi connectivity index (χ3n) is 4.85. The Morgan fingerprint density at radius 3 is 2.82 bits per heavy atom. The van der Waals surface area contributed by atoms with E-state index in [9.17, 15) is 0 Å². The molecule has 5 nitrogen and oxygen atoms in total. The number of likely N-dealkylation sites (N-methyl/N-ethyl adjacent to an activating group) is 1.